The van der Waals surface area contributed by atoms with Gasteiger partial charge in [0.25, 0.3) is 5.56 Å². The molecule has 0 fully saturated rings. The number of halogens is 3. The summed E-state index contributed by atoms with van der Waals surface area (Å²) in [6.45, 7) is 0.0384. The van der Waals surface area contributed by atoms with Gasteiger partial charge in [-0.05, 0) is 23.8 Å². The molecule has 0 N–H and O–H groups in total. The van der Waals surface area contributed by atoms with E-state index in [-0.39, 0.29) is 12.2 Å². The minimum Gasteiger partial charge on any atom is -0.303 e. The summed E-state index contributed by atoms with van der Waals surface area (Å²) in [7, 11) is 0. The normalized spacial score (nSPS) is 11.2. The van der Waals surface area contributed by atoms with Gasteiger partial charge in [-0.1, -0.05) is 30.3 Å². The second kappa shape index (κ2) is 6.84. The van der Waals surface area contributed by atoms with E-state index >= 15 is 0 Å². The maximum atomic E-state index is 13.4. The van der Waals surface area contributed by atoms with Crippen molar-refractivity contribution in [3.63, 3.8) is 0 Å². The molecule has 0 amide bonds. The molecule has 0 unspecified atom stereocenters. The van der Waals surface area contributed by atoms with Crippen molar-refractivity contribution in [2.24, 2.45) is 0 Å². The molecule has 0 spiro atoms. The maximum Gasteiger partial charge on any atom is 0.417 e. The summed E-state index contributed by atoms with van der Waals surface area (Å²) in [5, 5.41) is 9.14. The quantitative estimate of drug-likeness (QED) is 0.717. The van der Waals surface area contributed by atoms with Gasteiger partial charge in [0.1, 0.15) is 11.6 Å². The van der Waals surface area contributed by atoms with Crippen molar-refractivity contribution in [3.05, 3.63) is 88.0 Å². The molecule has 0 saturated heterocycles. The summed E-state index contributed by atoms with van der Waals surface area (Å²) in [6.07, 6.45) is -1.95. The van der Waals surface area contributed by atoms with Crippen molar-refractivity contribution in [1.82, 2.24) is 9.55 Å². The highest BCUT2D eigenvalue weighted by atomic mass is 19.4. The summed E-state index contributed by atoms with van der Waals surface area (Å²) < 4.78 is 41.2. The van der Waals surface area contributed by atoms with Gasteiger partial charge in [-0.25, -0.2) is 0 Å². The number of hydrogen-bond donors (Lipinski definition) is 0. The monoisotopic (exact) mass is 355 g/mol. The Bertz CT molecular complexity index is 1020. The molecule has 7 heteroatoms. The predicted octanol–water partition coefficient (Wildman–Crippen LogP) is 3.85. The van der Waals surface area contributed by atoms with Crippen LogP contribution in [0.2, 0.25) is 0 Å². The van der Waals surface area contributed by atoms with Crippen molar-refractivity contribution in [2.75, 3.05) is 0 Å². The highest BCUT2D eigenvalue weighted by molar-refractivity contribution is 5.61. The zero-order chi connectivity index (χ0) is 18.7. The second-order valence-electron chi connectivity index (χ2n) is 5.55. The molecule has 0 saturated carbocycles. The lowest BCUT2D eigenvalue weighted by Gasteiger charge is -2.17. The van der Waals surface area contributed by atoms with Crippen LogP contribution in [0.1, 0.15) is 16.7 Å². The first kappa shape index (κ1) is 17.4. The van der Waals surface area contributed by atoms with Gasteiger partial charge >= 0.3 is 6.18 Å². The van der Waals surface area contributed by atoms with Crippen molar-refractivity contribution in [1.29, 1.82) is 5.26 Å². The Labute approximate surface area is 146 Å². The van der Waals surface area contributed by atoms with Crippen LogP contribution >= 0.6 is 0 Å². The number of hydrogen-bond acceptors (Lipinski definition) is 3. The molecule has 0 aliphatic carbocycles. The van der Waals surface area contributed by atoms with Gasteiger partial charge in [0.2, 0.25) is 0 Å². The summed E-state index contributed by atoms with van der Waals surface area (Å²) >= 11 is 0. The van der Waals surface area contributed by atoms with E-state index in [0.717, 1.165) is 11.6 Å². The summed E-state index contributed by atoms with van der Waals surface area (Å²) in [5.41, 5.74) is -2.00. The highest BCUT2D eigenvalue weighted by Crippen LogP contribution is 2.33. The van der Waals surface area contributed by atoms with Crippen LogP contribution in [-0.4, -0.2) is 9.55 Å². The number of alkyl halides is 3. The predicted molar refractivity (Wildman–Crippen MR) is 89.2 cm³/mol. The molecule has 2 aromatic heterocycles. The van der Waals surface area contributed by atoms with E-state index in [1.54, 1.807) is 42.5 Å². The second-order valence-corrected chi connectivity index (χ2v) is 5.55. The molecule has 0 bridgehead atoms. The molecule has 0 aliphatic rings. The third-order valence-corrected chi connectivity index (χ3v) is 3.86. The Balaban J connectivity index is 2.31. The van der Waals surface area contributed by atoms with Gasteiger partial charge in [0, 0.05) is 18.0 Å². The van der Waals surface area contributed by atoms with Gasteiger partial charge in [0.05, 0.1) is 17.8 Å². The van der Waals surface area contributed by atoms with Crippen LogP contribution in [-0.2, 0) is 12.7 Å². The van der Waals surface area contributed by atoms with Gasteiger partial charge in [-0.2, -0.15) is 18.4 Å². The molecule has 130 valence electrons. The minimum absolute atomic E-state index is 0.0384. The number of rotatable bonds is 3. The van der Waals surface area contributed by atoms with E-state index in [9.17, 15) is 18.0 Å². The van der Waals surface area contributed by atoms with Gasteiger partial charge in [-0.3, -0.25) is 9.78 Å². The van der Waals surface area contributed by atoms with Crippen molar-refractivity contribution in [3.8, 4) is 17.3 Å². The minimum atomic E-state index is -4.81. The van der Waals surface area contributed by atoms with Gasteiger partial charge in [-0.15, -0.1) is 0 Å². The fourth-order valence-electron chi connectivity index (χ4n) is 2.65. The average Bonchev–Trinajstić information content (AvgIpc) is 2.63. The summed E-state index contributed by atoms with van der Waals surface area (Å²) in [5.74, 6) is 0. The molecule has 2 heterocycles. The molecule has 1 aromatic carbocycles. The Hall–Kier alpha value is -3.40. The van der Waals surface area contributed by atoms with Crippen molar-refractivity contribution >= 4 is 0 Å². The molecule has 0 radical (unpaired) electrons. The smallest absolute Gasteiger partial charge is 0.303 e. The van der Waals surface area contributed by atoms with Crippen LogP contribution in [0.5, 0.6) is 0 Å². The zero-order valence-corrected chi connectivity index (χ0v) is 13.4. The Morgan fingerprint density at radius 2 is 1.85 bits per heavy atom. The Morgan fingerprint density at radius 3 is 2.42 bits per heavy atom. The van der Waals surface area contributed by atoms with Crippen LogP contribution < -0.4 is 5.56 Å². The molecule has 3 aromatic rings. The van der Waals surface area contributed by atoms with Crippen molar-refractivity contribution < 1.29 is 13.2 Å². The molecule has 0 aliphatic heterocycles. The van der Waals surface area contributed by atoms with Crippen LogP contribution in [0.15, 0.2) is 65.7 Å². The molecule has 26 heavy (non-hydrogen) atoms. The molecular weight excluding hydrogens is 343 g/mol. The van der Waals surface area contributed by atoms with Crippen LogP contribution in [0, 0.1) is 11.3 Å². The topological polar surface area (TPSA) is 58.7 Å². The summed E-state index contributed by atoms with van der Waals surface area (Å²) in [6, 6.07) is 14.2. The third-order valence-electron chi connectivity index (χ3n) is 3.86. The molecular formula is C19H12F3N3O. The van der Waals surface area contributed by atoms with Gasteiger partial charge in [0.15, 0.2) is 0 Å². The molecule has 0 atom stereocenters. The SMILES string of the molecule is N#Cc1c(C(F)(F)F)cc(-c2cccnc2)n(Cc2ccccc2)c1=O. The lowest BCUT2D eigenvalue weighted by Crippen LogP contribution is -2.28. The lowest BCUT2D eigenvalue weighted by atomic mass is 10.0. The molecule has 4 nitrogen and oxygen atoms in total. The largest absolute Gasteiger partial charge is 0.417 e. The first-order valence-corrected chi connectivity index (χ1v) is 7.61. The number of pyridine rings is 2. The van der Waals surface area contributed by atoms with Crippen LogP contribution in [0.4, 0.5) is 13.2 Å². The first-order chi connectivity index (χ1) is 12.4. The van der Waals surface area contributed by atoms with Crippen LogP contribution in [0.3, 0.4) is 0 Å². The first-order valence-electron chi connectivity index (χ1n) is 7.61. The van der Waals surface area contributed by atoms with Crippen LogP contribution in [0.25, 0.3) is 11.3 Å². The van der Waals surface area contributed by atoms with Gasteiger partial charge < -0.3 is 4.57 Å². The van der Waals surface area contributed by atoms with E-state index in [1.807, 2.05) is 0 Å². The number of benzene rings is 1. The number of nitrogens with zero attached hydrogens (tertiary/aromatic N) is 3. The number of aromatic nitrogens is 2. The average molecular weight is 355 g/mol. The van der Waals surface area contributed by atoms with E-state index in [4.69, 9.17) is 5.26 Å². The number of nitriles is 1. The summed E-state index contributed by atoms with van der Waals surface area (Å²) in [4.78, 5) is 16.6. The Morgan fingerprint density at radius 1 is 1.12 bits per heavy atom. The van der Waals surface area contributed by atoms with E-state index in [1.165, 1.54) is 23.0 Å². The standard InChI is InChI=1S/C19H12F3N3O/c20-19(21,22)16-9-17(14-7-4-8-24-11-14)25(18(26)15(16)10-23)12-13-5-2-1-3-6-13/h1-9,11H,12H2. The maximum absolute atomic E-state index is 13.4. The third kappa shape index (κ3) is 3.35. The highest BCUT2D eigenvalue weighted by Gasteiger charge is 2.36. The van der Waals surface area contributed by atoms with E-state index in [2.05, 4.69) is 4.98 Å². The Kier molecular flexibility index (Phi) is 4.59. The van der Waals surface area contributed by atoms with E-state index in [0.29, 0.717) is 5.56 Å². The van der Waals surface area contributed by atoms with E-state index < -0.39 is 22.9 Å². The lowest BCUT2D eigenvalue weighted by molar-refractivity contribution is -0.137. The fraction of sp³-hybridized carbons (Fsp3) is 0.105. The van der Waals surface area contributed by atoms with Crippen molar-refractivity contribution in [2.45, 2.75) is 12.7 Å². The zero-order valence-electron chi connectivity index (χ0n) is 13.4. The fourth-order valence-corrected chi connectivity index (χ4v) is 2.65. The molecule has 3 rings (SSSR count).